The third-order valence-electron chi connectivity index (χ3n) is 4.87. The molecule has 0 atom stereocenters. The van der Waals surface area contributed by atoms with Crippen LogP contribution in [0.2, 0.25) is 5.02 Å². The van der Waals surface area contributed by atoms with Gasteiger partial charge in [0, 0.05) is 20.7 Å². The van der Waals surface area contributed by atoms with E-state index in [2.05, 4.69) is 21.2 Å². The van der Waals surface area contributed by atoms with Crippen molar-refractivity contribution in [2.24, 2.45) is 0 Å². The van der Waals surface area contributed by atoms with Crippen LogP contribution in [0.4, 0.5) is 14.9 Å². The zero-order chi connectivity index (χ0) is 24.9. The lowest BCUT2D eigenvalue weighted by Gasteiger charge is -2.13. The number of benzene rings is 3. The minimum Gasteiger partial charge on any atom is -0.488 e. The van der Waals surface area contributed by atoms with Gasteiger partial charge in [-0.1, -0.05) is 39.7 Å². The number of nitrogens with zero attached hydrogens (tertiary/aromatic N) is 1. The normalized spacial score (nSPS) is 14.5. The van der Waals surface area contributed by atoms with Gasteiger partial charge in [-0.05, 0) is 78.0 Å². The van der Waals surface area contributed by atoms with E-state index in [1.54, 1.807) is 36.4 Å². The van der Waals surface area contributed by atoms with E-state index in [-0.39, 0.29) is 11.5 Å². The molecule has 0 unspecified atom stereocenters. The van der Waals surface area contributed by atoms with Crippen LogP contribution in [0.1, 0.15) is 11.1 Å². The molecule has 0 aliphatic carbocycles. The average Bonchev–Trinajstić information content (AvgIpc) is 3.08. The number of imide groups is 1. The zero-order valence-corrected chi connectivity index (χ0v) is 21.1. The molecule has 178 valence electrons. The lowest BCUT2D eigenvalue weighted by Crippen LogP contribution is -2.36. The first-order valence-electron chi connectivity index (χ1n) is 10.3. The van der Waals surface area contributed by atoms with E-state index >= 15 is 0 Å². The standard InChI is InChI=1S/C25H17BrClFN2O4S/c26-17-3-10-21(34-14-15-1-4-18(27)5-2-15)16(11-17)12-22-24(32)30(25(33)35-22)13-23(31)29-20-8-6-19(28)7-9-20/h1-12H,13-14H2,(H,29,31)/b22-12-. The minimum atomic E-state index is -0.585. The number of carbonyl (C=O) groups is 3. The predicted octanol–water partition coefficient (Wildman–Crippen LogP) is 6.50. The smallest absolute Gasteiger partial charge is 0.294 e. The van der Waals surface area contributed by atoms with Gasteiger partial charge in [0.15, 0.2) is 0 Å². The van der Waals surface area contributed by atoms with Crippen molar-refractivity contribution in [3.63, 3.8) is 0 Å². The molecule has 4 rings (SSSR count). The predicted molar refractivity (Wildman–Crippen MR) is 138 cm³/mol. The van der Waals surface area contributed by atoms with Gasteiger partial charge in [-0.15, -0.1) is 0 Å². The lowest BCUT2D eigenvalue weighted by molar-refractivity contribution is -0.127. The number of anilines is 1. The molecule has 0 bridgehead atoms. The van der Waals surface area contributed by atoms with Gasteiger partial charge in [0.2, 0.25) is 5.91 Å². The van der Waals surface area contributed by atoms with Crippen LogP contribution >= 0.6 is 39.3 Å². The summed E-state index contributed by atoms with van der Waals surface area (Å²) < 4.78 is 19.7. The molecule has 0 spiro atoms. The second-order valence-corrected chi connectivity index (χ2v) is 9.77. The fourth-order valence-corrected chi connectivity index (χ4v) is 4.49. The van der Waals surface area contributed by atoms with Crippen LogP contribution in [0.25, 0.3) is 6.08 Å². The number of halogens is 3. The summed E-state index contributed by atoms with van der Waals surface area (Å²) in [4.78, 5) is 38.7. The summed E-state index contributed by atoms with van der Waals surface area (Å²) in [5.41, 5.74) is 1.86. The second kappa shape index (κ2) is 11.1. The van der Waals surface area contributed by atoms with Crippen molar-refractivity contribution in [1.29, 1.82) is 0 Å². The molecule has 1 fully saturated rings. The van der Waals surface area contributed by atoms with Gasteiger partial charge in [0.05, 0.1) is 4.91 Å². The first-order valence-corrected chi connectivity index (χ1v) is 12.2. The second-order valence-electron chi connectivity index (χ2n) is 7.42. The highest BCUT2D eigenvalue weighted by Gasteiger charge is 2.36. The van der Waals surface area contributed by atoms with E-state index in [1.165, 1.54) is 24.3 Å². The number of carbonyl (C=O) groups excluding carboxylic acids is 3. The Morgan fingerprint density at radius 2 is 1.80 bits per heavy atom. The number of thioether (sulfide) groups is 1. The Morgan fingerprint density at radius 3 is 2.51 bits per heavy atom. The molecule has 1 N–H and O–H groups in total. The van der Waals surface area contributed by atoms with Crippen molar-refractivity contribution in [2.75, 3.05) is 11.9 Å². The van der Waals surface area contributed by atoms with E-state index in [0.29, 0.717) is 22.0 Å². The lowest BCUT2D eigenvalue weighted by atomic mass is 10.1. The van der Waals surface area contributed by atoms with E-state index in [9.17, 15) is 18.8 Å². The van der Waals surface area contributed by atoms with Crippen molar-refractivity contribution in [1.82, 2.24) is 4.90 Å². The summed E-state index contributed by atoms with van der Waals surface area (Å²) in [6.07, 6.45) is 1.56. The monoisotopic (exact) mass is 574 g/mol. The summed E-state index contributed by atoms with van der Waals surface area (Å²) in [5, 5.41) is 2.60. The summed E-state index contributed by atoms with van der Waals surface area (Å²) in [5.74, 6) is -1.08. The van der Waals surface area contributed by atoms with E-state index in [4.69, 9.17) is 16.3 Å². The Balaban J connectivity index is 1.47. The van der Waals surface area contributed by atoms with Crippen LogP contribution in [-0.4, -0.2) is 28.5 Å². The molecule has 0 aromatic heterocycles. The molecule has 10 heteroatoms. The van der Waals surface area contributed by atoms with Crippen molar-refractivity contribution in [3.8, 4) is 5.75 Å². The third kappa shape index (κ3) is 6.50. The van der Waals surface area contributed by atoms with E-state index in [1.807, 2.05) is 12.1 Å². The van der Waals surface area contributed by atoms with Gasteiger partial charge < -0.3 is 10.1 Å². The van der Waals surface area contributed by atoms with Gasteiger partial charge in [-0.2, -0.15) is 0 Å². The summed E-state index contributed by atoms with van der Waals surface area (Å²) in [6, 6.07) is 17.7. The topological polar surface area (TPSA) is 75.7 Å². The maximum absolute atomic E-state index is 13.0. The van der Waals surface area contributed by atoms with E-state index < -0.39 is 29.4 Å². The Hall–Kier alpha value is -3.14. The minimum absolute atomic E-state index is 0.166. The fourth-order valence-electron chi connectivity index (χ4n) is 3.16. The Morgan fingerprint density at radius 1 is 1.09 bits per heavy atom. The molecular weight excluding hydrogens is 559 g/mol. The van der Waals surface area contributed by atoms with Gasteiger partial charge in [-0.25, -0.2) is 4.39 Å². The molecule has 1 heterocycles. The Labute approximate surface area is 218 Å². The summed E-state index contributed by atoms with van der Waals surface area (Å²) in [6.45, 7) is -0.178. The molecule has 0 saturated carbocycles. The number of hydrogen-bond donors (Lipinski definition) is 1. The summed E-state index contributed by atoms with van der Waals surface area (Å²) in [7, 11) is 0. The van der Waals surface area contributed by atoms with Crippen LogP contribution in [0.3, 0.4) is 0 Å². The Kier molecular flexibility index (Phi) is 7.90. The molecular formula is C25H17BrClFN2O4S. The number of amides is 3. The SMILES string of the molecule is O=C(CN1C(=O)S/C(=C\c2cc(Br)ccc2OCc2ccc(Cl)cc2)C1=O)Nc1ccc(F)cc1. The molecule has 3 aromatic rings. The van der Waals surface area contributed by atoms with Crippen LogP contribution in [0.15, 0.2) is 76.1 Å². The highest BCUT2D eigenvalue weighted by Crippen LogP contribution is 2.35. The van der Waals surface area contributed by atoms with Crippen LogP contribution in [0, 0.1) is 5.82 Å². The first kappa shape index (κ1) is 25.0. The van der Waals surface area contributed by atoms with Crippen LogP contribution in [0.5, 0.6) is 5.75 Å². The largest absolute Gasteiger partial charge is 0.488 e. The van der Waals surface area contributed by atoms with Crippen molar-refractivity contribution in [2.45, 2.75) is 6.61 Å². The van der Waals surface area contributed by atoms with Gasteiger partial charge in [-0.3, -0.25) is 19.3 Å². The van der Waals surface area contributed by atoms with Gasteiger partial charge in [0.25, 0.3) is 11.1 Å². The molecule has 35 heavy (non-hydrogen) atoms. The van der Waals surface area contributed by atoms with Crippen LogP contribution in [-0.2, 0) is 16.2 Å². The number of rotatable bonds is 7. The maximum atomic E-state index is 13.0. The summed E-state index contributed by atoms with van der Waals surface area (Å²) >= 11 is 10.1. The molecule has 6 nitrogen and oxygen atoms in total. The molecule has 1 saturated heterocycles. The maximum Gasteiger partial charge on any atom is 0.294 e. The first-order chi connectivity index (χ1) is 16.8. The van der Waals surface area contributed by atoms with Crippen LogP contribution < -0.4 is 10.1 Å². The average molecular weight is 576 g/mol. The molecule has 3 aromatic carbocycles. The third-order valence-corrected chi connectivity index (χ3v) is 6.52. The molecule has 0 radical (unpaired) electrons. The van der Waals surface area contributed by atoms with Gasteiger partial charge >= 0.3 is 0 Å². The number of ether oxygens (including phenoxy) is 1. The number of nitrogens with one attached hydrogen (secondary N) is 1. The fraction of sp³-hybridized carbons (Fsp3) is 0.0800. The van der Waals surface area contributed by atoms with E-state index in [0.717, 1.165) is 26.7 Å². The highest BCUT2D eigenvalue weighted by molar-refractivity contribution is 9.10. The molecule has 1 aliphatic heterocycles. The zero-order valence-electron chi connectivity index (χ0n) is 18.0. The van der Waals surface area contributed by atoms with Crippen molar-refractivity contribution < 1.29 is 23.5 Å². The van der Waals surface area contributed by atoms with Crippen molar-refractivity contribution in [3.05, 3.63) is 98.1 Å². The number of hydrogen-bond acceptors (Lipinski definition) is 5. The molecule has 1 aliphatic rings. The quantitative estimate of drug-likeness (QED) is 0.326. The van der Waals surface area contributed by atoms with Crippen molar-refractivity contribution >= 4 is 68.1 Å². The highest BCUT2D eigenvalue weighted by atomic mass is 79.9. The van der Waals surface area contributed by atoms with Gasteiger partial charge in [0.1, 0.15) is 24.7 Å². The Bertz CT molecular complexity index is 1320. The molecule has 3 amide bonds.